The van der Waals surface area contributed by atoms with Crippen LogP contribution in [-0.4, -0.2) is 22.1 Å². The van der Waals surface area contributed by atoms with E-state index in [9.17, 15) is 4.79 Å². The van der Waals surface area contributed by atoms with Crippen LogP contribution < -0.4 is 10.3 Å². The van der Waals surface area contributed by atoms with E-state index in [1.807, 2.05) is 22.6 Å². The van der Waals surface area contributed by atoms with E-state index in [1.165, 1.54) is 6.20 Å². The first-order chi connectivity index (χ1) is 7.70. The Hall–Kier alpha value is -1.44. The van der Waals surface area contributed by atoms with E-state index in [0.717, 1.165) is 5.56 Å². The maximum atomic E-state index is 11.4. The van der Waals surface area contributed by atoms with Crippen molar-refractivity contribution >= 4 is 22.6 Å². The fourth-order valence-corrected chi connectivity index (χ4v) is 1.44. The van der Waals surface area contributed by atoms with Gasteiger partial charge >= 0.3 is 0 Å². The van der Waals surface area contributed by atoms with Crippen LogP contribution in [-0.2, 0) is 0 Å². The minimum Gasteiger partial charge on any atom is -0.481 e. The Morgan fingerprint density at radius 3 is 2.69 bits per heavy atom. The predicted octanol–water partition coefficient (Wildman–Crippen LogP) is 1.45. The molecule has 0 saturated carbocycles. The summed E-state index contributed by atoms with van der Waals surface area (Å²) in [6.45, 7) is 0. The molecule has 2 aromatic rings. The van der Waals surface area contributed by atoms with E-state index < -0.39 is 0 Å². The first-order valence-corrected chi connectivity index (χ1v) is 5.54. The zero-order valence-corrected chi connectivity index (χ0v) is 10.6. The quantitative estimate of drug-likeness (QED) is 0.847. The molecule has 2 heterocycles. The molecule has 0 spiro atoms. The van der Waals surface area contributed by atoms with Crippen molar-refractivity contribution in [3.8, 4) is 17.3 Å². The van der Waals surface area contributed by atoms with Gasteiger partial charge in [-0.25, -0.2) is 9.97 Å². The van der Waals surface area contributed by atoms with Crippen molar-refractivity contribution in [2.45, 2.75) is 0 Å². The van der Waals surface area contributed by atoms with Crippen LogP contribution in [0.2, 0.25) is 0 Å². The highest BCUT2D eigenvalue weighted by molar-refractivity contribution is 14.1. The summed E-state index contributed by atoms with van der Waals surface area (Å²) >= 11 is 1.93. The number of nitrogens with zero attached hydrogens (tertiary/aromatic N) is 2. The molecule has 82 valence electrons. The van der Waals surface area contributed by atoms with Crippen molar-refractivity contribution in [2.75, 3.05) is 7.11 Å². The number of aromatic nitrogens is 3. The highest BCUT2D eigenvalue weighted by Crippen LogP contribution is 2.15. The summed E-state index contributed by atoms with van der Waals surface area (Å²) in [5.41, 5.74) is 0.593. The molecule has 2 rings (SSSR count). The average Bonchev–Trinajstić information content (AvgIpc) is 2.33. The van der Waals surface area contributed by atoms with Gasteiger partial charge < -0.3 is 9.72 Å². The molecule has 0 saturated heterocycles. The molecule has 6 heteroatoms. The van der Waals surface area contributed by atoms with Gasteiger partial charge in [-0.2, -0.15) is 0 Å². The molecule has 0 fully saturated rings. The van der Waals surface area contributed by atoms with Crippen molar-refractivity contribution in [3.05, 3.63) is 38.5 Å². The van der Waals surface area contributed by atoms with Crippen LogP contribution in [0.1, 0.15) is 0 Å². The molecule has 5 nitrogen and oxygen atoms in total. The summed E-state index contributed by atoms with van der Waals surface area (Å²) in [6, 6.07) is 3.50. The molecule has 0 aromatic carbocycles. The summed E-state index contributed by atoms with van der Waals surface area (Å²) in [5, 5.41) is 0. The smallest absolute Gasteiger partial charge is 0.264 e. The number of hydrogen-bond acceptors (Lipinski definition) is 4. The first kappa shape index (κ1) is 11.1. The number of nitrogens with one attached hydrogen (secondary N) is 1. The number of halogens is 1. The Kier molecular flexibility index (Phi) is 3.18. The van der Waals surface area contributed by atoms with E-state index >= 15 is 0 Å². The van der Waals surface area contributed by atoms with Crippen molar-refractivity contribution in [1.82, 2.24) is 15.0 Å². The Bertz CT molecular complexity index is 551. The van der Waals surface area contributed by atoms with Gasteiger partial charge in [0.2, 0.25) is 5.88 Å². The number of aromatic amines is 1. The van der Waals surface area contributed by atoms with Gasteiger partial charge in [-0.3, -0.25) is 4.79 Å². The minimum absolute atomic E-state index is 0.151. The Labute approximate surface area is 105 Å². The second-order valence-electron chi connectivity index (χ2n) is 3.00. The number of hydrogen-bond donors (Lipinski definition) is 1. The fraction of sp³-hybridized carbons (Fsp3) is 0.100. The molecule has 0 bridgehead atoms. The van der Waals surface area contributed by atoms with Gasteiger partial charge in [0.15, 0.2) is 0 Å². The van der Waals surface area contributed by atoms with Crippen LogP contribution in [0, 0.1) is 3.57 Å². The molecular weight excluding hydrogens is 321 g/mol. The maximum Gasteiger partial charge on any atom is 0.264 e. The lowest BCUT2D eigenvalue weighted by molar-refractivity contribution is 0.398. The molecule has 0 aliphatic rings. The fourth-order valence-electron chi connectivity index (χ4n) is 1.17. The maximum absolute atomic E-state index is 11.4. The average molecular weight is 329 g/mol. The summed E-state index contributed by atoms with van der Waals surface area (Å²) < 4.78 is 5.50. The third kappa shape index (κ3) is 2.21. The Balaban J connectivity index is 2.42. The first-order valence-electron chi connectivity index (χ1n) is 4.46. The monoisotopic (exact) mass is 329 g/mol. The van der Waals surface area contributed by atoms with E-state index in [4.69, 9.17) is 4.74 Å². The van der Waals surface area contributed by atoms with E-state index in [-0.39, 0.29) is 5.56 Å². The number of ether oxygens (including phenoxy) is 1. The molecule has 0 aliphatic carbocycles. The highest BCUT2D eigenvalue weighted by Gasteiger charge is 2.03. The topological polar surface area (TPSA) is 67.9 Å². The minimum atomic E-state index is -0.151. The number of rotatable bonds is 2. The SMILES string of the molecule is COc1ccc(-c2ncc(I)c(=O)[nH]2)cn1. The third-order valence-corrected chi connectivity index (χ3v) is 2.74. The molecule has 0 radical (unpaired) electrons. The largest absolute Gasteiger partial charge is 0.481 e. The molecular formula is C10H8IN3O2. The summed E-state index contributed by atoms with van der Waals surface area (Å²) in [7, 11) is 1.55. The highest BCUT2D eigenvalue weighted by atomic mass is 127. The van der Waals surface area contributed by atoms with Crippen molar-refractivity contribution in [1.29, 1.82) is 0 Å². The van der Waals surface area contributed by atoms with E-state index in [2.05, 4.69) is 15.0 Å². The molecule has 0 aliphatic heterocycles. The molecule has 0 unspecified atom stereocenters. The second-order valence-corrected chi connectivity index (χ2v) is 4.16. The predicted molar refractivity (Wildman–Crippen MR) is 67.4 cm³/mol. The van der Waals surface area contributed by atoms with Gasteiger partial charge in [-0.05, 0) is 28.7 Å². The summed E-state index contributed by atoms with van der Waals surface area (Å²) in [6.07, 6.45) is 3.13. The molecule has 0 amide bonds. The lowest BCUT2D eigenvalue weighted by Gasteiger charge is -2.01. The van der Waals surface area contributed by atoms with Crippen LogP contribution in [0.25, 0.3) is 11.4 Å². The zero-order chi connectivity index (χ0) is 11.5. The zero-order valence-electron chi connectivity index (χ0n) is 8.40. The Morgan fingerprint density at radius 1 is 1.31 bits per heavy atom. The Morgan fingerprint density at radius 2 is 2.12 bits per heavy atom. The van der Waals surface area contributed by atoms with Crippen molar-refractivity contribution < 1.29 is 4.74 Å². The van der Waals surface area contributed by atoms with E-state index in [1.54, 1.807) is 25.4 Å². The normalized spacial score (nSPS) is 10.1. The molecule has 0 atom stereocenters. The van der Waals surface area contributed by atoms with E-state index in [0.29, 0.717) is 15.3 Å². The standard InChI is InChI=1S/C10H8IN3O2/c1-16-8-3-2-6(4-12-8)9-13-5-7(11)10(15)14-9/h2-5H,1H3,(H,13,14,15). The lowest BCUT2D eigenvalue weighted by Crippen LogP contribution is -2.11. The van der Waals surface area contributed by atoms with Crippen molar-refractivity contribution in [2.24, 2.45) is 0 Å². The summed E-state index contributed by atoms with van der Waals surface area (Å²) in [5.74, 6) is 1.03. The van der Waals surface area contributed by atoms with Crippen LogP contribution in [0.15, 0.2) is 29.3 Å². The molecule has 16 heavy (non-hydrogen) atoms. The molecule has 1 N–H and O–H groups in total. The number of methoxy groups -OCH3 is 1. The van der Waals surface area contributed by atoms with Gasteiger partial charge in [0.25, 0.3) is 5.56 Å². The second kappa shape index (κ2) is 4.60. The van der Waals surface area contributed by atoms with Gasteiger partial charge in [0.05, 0.1) is 10.7 Å². The van der Waals surface area contributed by atoms with Gasteiger partial charge in [0, 0.05) is 24.0 Å². The van der Waals surface area contributed by atoms with Crippen LogP contribution >= 0.6 is 22.6 Å². The number of H-pyrrole nitrogens is 1. The van der Waals surface area contributed by atoms with Crippen molar-refractivity contribution in [3.63, 3.8) is 0 Å². The molecule has 2 aromatic heterocycles. The van der Waals surface area contributed by atoms with Gasteiger partial charge in [-0.15, -0.1) is 0 Å². The van der Waals surface area contributed by atoms with Gasteiger partial charge in [-0.1, -0.05) is 0 Å². The van der Waals surface area contributed by atoms with Crippen LogP contribution in [0.4, 0.5) is 0 Å². The lowest BCUT2D eigenvalue weighted by atomic mass is 10.2. The summed E-state index contributed by atoms with van der Waals surface area (Å²) in [4.78, 5) is 22.2. The number of pyridine rings is 1. The van der Waals surface area contributed by atoms with Crippen LogP contribution in [0.5, 0.6) is 5.88 Å². The van der Waals surface area contributed by atoms with Gasteiger partial charge in [0.1, 0.15) is 5.82 Å². The van der Waals surface area contributed by atoms with Crippen LogP contribution in [0.3, 0.4) is 0 Å². The third-order valence-electron chi connectivity index (χ3n) is 1.97.